The van der Waals surface area contributed by atoms with E-state index in [1.54, 1.807) is 9.80 Å². The van der Waals surface area contributed by atoms with E-state index in [9.17, 15) is 14.4 Å². The molecule has 1 aromatic heterocycles. The largest absolute Gasteiger partial charge is 0.467 e. The van der Waals surface area contributed by atoms with Gasteiger partial charge in [0.15, 0.2) is 5.13 Å². The number of rotatable bonds is 2. The number of methoxy groups -OCH3 is 1. The summed E-state index contributed by atoms with van der Waals surface area (Å²) in [6, 6.07) is 4.83. The molecule has 10 heteroatoms. The first-order valence-corrected chi connectivity index (χ1v) is 15.2. The van der Waals surface area contributed by atoms with Gasteiger partial charge in [0.05, 0.1) is 25.9 Å². The fourth-order valence-electron chi connectivity index (χ4n) is 6.53. The van der Waals surface area contributed by atoms with Gasteiger partial charge in [-0.1, -0.05) is 49.6 Å². The molecule has 2 fully saturated rings. The van der Waals surface area contributed by atoms with Gasteiger partial charge in [0.25, 0.3) is 0 Å². The Balaban J connectivity index is 1.32. The number of benzene rings is 1. The summed E-state index contributed by atoms with van der Waals surface area (Å²) >= 11 is 1.51. The Morgan fingerprint density at radius 1 is 1.18 bits per heavy atom. The lowest BCUT2D eigenvalue weighted by Crippen LogP contribution is -2.51. The number of fused-ring (bicyclic) bond motifs is 5. The van der Waals surface area contributed by atoms with Crippen LogP contribution < -0.4 is 5.32 Å². The van der Waals surface area contributed by atoms with E-state index in [2.05, 4.69) is 28.9 Å². The van der Waals surface area contributed by atoms with E-state index >= 15 is 0 Å². The van der Waals surface area contributed by atoms with Gasteiger partial charge in [-0.15, -0.1) is 11.3 Å². The van der Waals surface area contributed by atoms with Crippen LogP contribution in [0.1, 0.15) is 67.3 Å². The zero-order valence-electron chi connectivity index (χ0n) is 22.8. The number of hydrogen-bond donors (Lipinski definition) is 1. The average molecular weight is 565 g/mol. The van der Waals surface area contributed by atoms with Crippen molar-refractivity contribution in [2.24, 2.45) is 5.92 Å². The maximum atomic E-state index is 14.2. The molecular formula is C30H36N4O5S. The molecule has 2 amide bonds. The van der Waals surface area contributed by atoms with E-state index in [4.69, 9.17) is 14.5 Å². The van der Waals surface area contributed by atoms with Crippen LogP contribution in [0.15, 0.2) is 29.7 Å². The van der Waals surface area contributed by atoms with E-state index in [1.807, 2.05) is 12.1 Å². The first-order valence-electron chi connectivity index (χ1n) is 14.3. The lowest BCUT2D eigenvalue weighted by molar-refractivity contribution is -0.151. The van der Waals surface area contributed by atoms with Gasteiger partial charge in [-0.05, 0) is 48.3 Å². The molecule has 1 aliphatic carbocycles. The fraction of sp³-hybridized carbons (Fsp3) is 0.533. The number of hydrogen-bond acceptors (Lipinski definition) is 8. The first-order chi connectivity index (χ1) is 19.5. The van der Waals surface area contributed by atoms with Gasteiger partial charge in [-0.3, -0.25) is 9.69 Å². The number of aromatic nitrogens is 1. The number of allylic oxidation sites excluding steroid dienone is 1. The topological polar surface area (TPSA) is 101 Å². The molecule has 212 valence electrons. The second kappa shape index (κ2) is 11.6. The number of carbonyl (C=O) groups excluding carboxylic acids is 3. The van der Waals surface area contributed by atoms with Crippen molar-refractivity contribution in [3.8, 4) is 0 Å². The van der Waals surface area contributed by atoms with Crippen molar-refractivity contribution < 1.29 is 23.9 Å². The van der Waals surface area contributed by atoms with E-state index < -0.39 is 30.3 Å². The molecular weight excluding hydrogens is 528 g/mol. The summed E-state index contributed by atoms with van der Waals surface area (Å²) in [5.41, 5.74) is 4.32. The lowest BCUT2D eigenvalue weighted by atomic mass is 9.83. The predicted molar refractivity (Wildman–Crippen MR) is 152 cm³/mol. The molecule has 0 spiro atoms. The van der Waals surface area contributed by atoms with E-state index in [0.717, 1.165) is 66.0 Å². The number of esters is 1. The Hall–Kier alpha value is -3.40. The molecule has 1 saturated carbocycles. The third-order valence-corrected chi connectivity index (χ3v) is 9.47. The number of carbonyl (C=O) groups is 3. The molecule has 3 atom stereocenters. The molecule has 0 radical (unpaired) electrons. The smallest absolute Gasteiger partial charge is 0.410 e. The van der Waals surface area contributed by atoms with Crippen LogP contribution >= 0.6 is 11.3 Å². The lowest BCUT2D eigenvalue weighted by Gasteiger charge is -2.34. The number of amides is 2. The van der Waals surface area contributed by atoms with Crippen LogP contribution in [0.4, 0.5) is 9.93 Å². The number of anilines is 1. The molecule has 1 N–H and O–H groups in total. The van der Waals surface area contributed by atoms with Crippen molar-refractivity contribution in [3.05, 3.63) is 52.0 Å². The Kier molecular flexibility index (Phi) is 7.78. The van der Waals surface area contributed by atoms with Crippen LogP contribution in [0, 0.1) is 5.92 Å². The molecule has 3 aliphatic heterocycles. The second-order valence-electron chi connectivity index (χ2n) is 11.2. The van der Waals surface area contributed by atoms with Gasteiger partial charge in [0, 0.05) is 18.3 Å². The zero-order valence-corrected chi connectivity index (χ0v) is 23.7. The standard InChI is InChI=1S/C30H36N4O5S/c1-38-28(36)25-14-23-16-34(25)27(35)26(20-9-3-2-4-10-20)32-29-31-22(18-40-29)13-6-5-8-19-11-7-12-21-15-33(17-24(19)21)30(37)39-23/h5,7-8,11-12,18,20,23,25-26H,2-4,6,9-10,13-17H2,1H3,(H,31,32)/b8-5+/t23-,25+,26+/m1/s1. The van der Waals surface area contributed by atoms with Crippen molar-refractivity contribution in [2.45, 2.75) is 82.6 Å². The highest BCUT2D eigenvalue weighted by molar-refractivity contribution is 7.13. The van der Waals surface area contributed by atoms with Crippen molar-refractivity contribution in [1.82, 2.24) is 14.8 Å². The normalized spacial score (nSPS) is 26.4. The first kappa shape index (κ1) is 26.8. The number of ether oxygens (including phenoxy) is 2. The summed E-state index contributed by atoms with van der Waals surface area (Å²) in [4.78, 5) is 48.4. The number of nitrogens with one attached hydrogen (secondary N) is 1. The molecule has 0 unspecified atom stereocenters. The molecule has 1 aromatic carbocycles. The van der Waals surface area contributed by atoms with E-state index in [1.165, 1.54) is 24.9 Å². The van der Waals surface area contributed by atoms with Crippen LogP contribution in [-0.2, 0) is 38.6 Å². The minimum Gasteiger partial charge on any atom is -0.467 e. The van der Waals surface area contributed by atoms with Crippen LogP contribution in [0.2, 0.25) is 0 Å². The number of nitrogens with zero attached hydrogens (tertiary/aromatic N) is 3. The van der Waals surface area contributed by atoms with Gasteiger partial charge in [0.2, 0.25) is 5.91 Å². The van der Waals surface area contributed by atoms with Gasteiger partial charge in [-0.25, -0.2) is 14.6 Å². The Bertz CT molecular complexity index is 1300. The fourth-order valence-corrected chi connectivity index (χ4v) is 7.31. The maximum Gasteiger partial charge on any atom is 0.410 e. The molecule has 9 nitrogen and oxygen atoms in total. The van der Waals surface area contributed by atoms with Crippen molar-refractivity contribution in [1.29, 1.82) is 0 Å². The molecule has 6 bridgehead atoms. The highest BCUT2D eigenvalue weighted by Crippen LogP contribution is 2.34. The van der Waals surface area contributed by atoms with Crippen LogP contribution in [0.3, 0.4) is 0 Å². The van der Waals surface area contributed by atoms with E-state index in [-0.39, 0.29) is 24.8 Å². The average Bonchev–Trinajstić information content (AvgIpc) is 3.72. The molecule has 40 heavy (non-hydrogen) atoms. The highest BCUT2D eigenvalue weighted by atomic mass is 32.1. The zero-order chi connectivity index (χ0) is 27.6. The van der Waals surface area contributed by atoms with E-state index in [0.29, 0.717) is 13.1 Å². The maximum absolute atomic E-state index is 14.2. The second-order valence-corrected chi connectivity index (χ2v) is 12.1. The van der Waals surface area contributed by atoms with Crippen LogP contribution in [0.25, 0.3) is 6.08 Å². The quantitative estimate of drug-likeness (QED) is 0.525. The third kappa shape index (κ3) is 5.46. The van der Waals surface area contributed by atoms with Crippen LogP contribution in [0.5, 0.6) is 0 Å². The summed E-state index contributed by atoms with van der Waals surface area (Å²) in [5.74, 6) is -0.503. The van der Waals surface area contributed by atoms with Crippen molar-refractivity contribution >= 4 is 40.5 Å². The Morgan fingerprint density at radius 3 is 2.85 bits per heavy atom. The van der Waals surface area contributed by atoms with Crippen molar-refractivity contribution in [2.75, 3.05) is 19.0 Å². The molecule has 1 saturated heterocycles. The minimum absolute atomic E-state index is 0.141. The molecule has 4 heterocycles. The van der Waals surface area contributed by atoms with Gasteiger partial charge < -0.3 is 19.7 Å². The summed E-state index contributed by atoms with van der Waals surface area (Å²) in [5, 5.41) is 6.23. The summed E-state index contributed by atoms with van der Waals surface area (Å²) in [6.45, 7) is 1.10. The monoisotopic (exact) mass is 564 g/mol. The summed E-state index contributed by atoms with van der Waals surface area (Å²) < 4.78 is 11.0. The van der Waals surface area contributed by atoms with Gasteiger partial charge in [0.1, 0.15) is 18.2 Å². The Morgan fingerprint density at radius 2 is 2.02 bits per heavy atom. The Labute approximate surface area is 238 Å². The third-order valence-electron chi connectivity index (χ3n) is 8.65. The molecule has 4 aliphatic rings. The van der Waals surface area contributed by atoms with Crippen molar-refractivity contribution in [3.63, 3.8) is 0 Å². The SMILES string of the molecule is COC(=O)[C@@H]1C[C@@H]2CN1C(=O)[C@H](C1CCCCC1)Nc1nc(cs1)CC/C=C/c1cccc3c1CN(C3)C(=O)O2. The highest BCUT2D eigenvalue weighted by Gasteiger charge is 2.46. The summed E-state index contributed by atoms with van der Waals surface area (Å²) in [6.07, 6.45) is 10.3. The van der Waals surface area contributed by atoms with Gasteiger partial charge >= 0.3 is 12.1 Å². The predicted octanol–water partition coefficient (Wildman–Crippen LogP) is 4.76. The number of thiazole rings is 1. The minimum atomic E-state index is -0.798. The number of aryl methyl sites for hydroxylation is 1. The van der Waals surface area contributed by atoms with Crippen LogP contribution in [-0.4, -0.2) is 64.6 Å². The molecule has 2 aromatic rings. The molecule has 6 rings (SSSR count). The van der Waals surface area contributed by atoms with Gasteiger partial charge in [-0.2, -0.15) is 0 Å². The summed E-state index contributed by atoms with van der Waals surface area (Å²) in [7, 11) is 1.33.